The Morgan fingerprint density at radius 2 is 1.96 bits per heavy atom. The Balaban J connectivity index is 1.70. The number of carbonyl (C=O) groups excluding carboxylic acids is 2. The zero-order valence-electron chi connectivity index (χ0n) is 16.3. The Hall–Kier alpha value is -3.29. The summed E-state index contributed by atoms with van der Waals surface area (Å²) >= 11 is 0. The van der Waals surface area contributed by atoms with Gasteiger partial charge < -0.3 is 10.1 Å². The van der Waals surface area contributed by atoms with Gasteiger partial charge in [-0.2, -0.15) is 4.98 Å². The first-order valence-corrected chi connectivity index (χ1v) is 9.19. The molecule has 0 bridgehead atoms. The number of benzene rings is 1. The van der Waals surface area contributed by atoms with Crippen LogP contribution < -0.4 is 5.32 Å². The molecule has 1 amide bonds. The molecular weight excluding hydrogens is 358 g/mol. The van der Waals surface area contributed by atoms with Gasteiger partial charge in [-0.25, -0.2) is 14.3 Å². The van der Waals surface area contributed by atoms with E-state index in [2.05, 4.69) is 34.2 Å². The number of fused-ring (bicyclic) bond motifs is 1. The standard InChI is InChI=1S/C20H23N5O3/c1-5-12(2)15-8-6-7-9-16(15)22-18(26)14(4)28-19(27)17-23-20-21-11-10-13(3)25(20)24-17/h6-12,14H,5H2,1-4H3,(H,22,26). The van der Waals surface area contributed by atoms with Crippen molar-refractivity contribution in [1.29, 1.82) is 0 Å². The van der Waals surface area contributed by atoms with Crippen molar-refractivity contribution in [3.63, 3.8) is 0 Å². The second kappa shape index (κ2) is 8.16. The van der Waals surface area contributed by atoms with Crippen LogP contribution in [0.1, 0.15) is 55.0 Å². The Labute approximate surface area is 163 Å². The molecular formula is C20H23N5O3. The van der Waals surface area contributed by atoms with Gasteiger partial charge in [0.05, 0.1) is 0 Å². The van der Waals surface area contributed by atoms with Crippen LogP contribution in [0.5, 0.6) is 0 Å². The smallest absolute Gasteiger partial charge is 0.379 e. The van der Waals surface area contributed by atoms with Crippen LogP contribution in [0.4, 0.5) is 5.69 Å². The van der Waals surface area contributed by atoms with E-state index >= 15 is 0 Å². The van der Waals surface area contributed by atoms with Crippen LogP contribution in [-0.2, 0) is 9.53 Å². The number of para-hydroxylation sites is 1. The van der Waals surface area contributed by atoms with Gasteiger partial charge in [0.2, 0.25) is 0 Å². The van der Waals surface area contributed by atoms with Crippen LogP contribution in [0.25, 0.3) is 5.78 Å². The highest BCUT2D eigenvalue weighted by atomic mass is 16.5. The number of aryl methyl sites for hydroxylation is 1. The molecule has 2 unspecified atom stereocenters. The third-order valence-electron chi connectivity index (χ3n) is 4.63. The highest BCUT2D eigenvalue weighted by molar-refractivity contribution is 5.97. The lowest BCUT2D eigenvalue weighted by molar-refractivity contribution is -0.123. The molecule has 8 heteroatoms. The van der Waals surface area contributed by atoms with Crippen molar-refractivity contribution in [3.8, 4) is 0 Å². The van der Waals surface area contributed by atoms with Crippen LogP contribution >= 0.6 is 0 Å². The molecule has 0 aliphatic heterocycles. The minimum atomic E-state index is -1.00. The molecule has 2 aromatic heterocycles. The Morgan fingerprint density at radius 3 is 2.68 bits per heavy atom. The fraction of sp³-hybridized carbons (Fsp3) is 0.350. The summed E-state index contributed by atoms with van der Waals surface area (Å²) in [6, 6.07) is 9.36. The lowest BCUT2D eigenvalue weighted by Crippen LogP contribution is -2.30. The van der Waals surface area contributed by atoms with E-state index in [-0.39, 0.29) is 5.82 Å². The van der Waals surface area contributed by atoms with E-state index in [1.54, 1.807) is 12.3 Å². The SMILES string of the molecule is CCC(C)c1ccccc1NC(=O)C(C)OC(=O)c1nc2nccc(C)n2n1. The highest BCUT2D eigenvalue weighted by Crippen LogP contribution is 2.26. The number of nitrogens with zero attached hydrogens (tertiary/aromatic N) is 4. The van der Waals surface area contributed by atoms with E-state index in [0.717, 1.165) is 23.4 Å². The minimum absolute atomic E-state index is 0.138. The maximum absolute atomic E-state index is 12.5. The van der Waals surface area contributed by atoms with Crippen LogP contribution in [-0.4, -0.2) is 37.6 Å². The maximum atomic E-state index is 12.5. The summed E-state index contributed by atoms with van der Waals surface area (Å²) in [6.07, 6.45) is 1.53. The van der Waals surface area contributed by atoms with Crippen molar-refractivity contribution in [2.45, 2.75) is 46.1 Å². The molecule has 0 saturated heterocycles. The molecule has 3 aromatic rings. The van der Waals surface area contributed by atoms with Crippen molar-refractivity contribution < 1.29 is 14.3 Å². The fourth-order valence-electron chi connectivity index (χ4n) is 2.75. The number of amides is 1. The molecule has 0 aliphatic rings. The largest absolute Gasteiger partial charge is 0.447 e. The number of hydrogen-bond acceptors (Lipinski definition) is 6. The molecule has 8 nitrogen and oxygen atoms in total. The van der Waals surface area contributed by atoms with Gasteiger partial charge in [-0.15, -0.1) is 5.10 Å². The van der Waals surface area contributed by atoms with E-state index in [1.165, 1.54) is 11.4 Å². The topological polar surface area (TPSA) is 98.5 Å². The molecule has 0 saturated carbocycles. The lowest BCUT2D eigenvalue weighted by Gasteiger charge is -2.17. The Bertz CT molecular complexity index is 1010. The molecule has 1 aromatic carbocycles. The van der Waals surface area contributed by atoms with Crippen molar-refractivity contribution in [1.82, 2.24) is 19.6 Å². The fourth-order valence-corrected chi connectivity index (χ4v) is 2.75. The van der Waals surface area contributed by atoms with E-state index in [1.807, 2.05) is 31.2 Å². The summed E-state index contributed by atoms with van der Waals surface area (Å²) in [6.45, 7) is 7.52. The van der Waals surface area contributed by atoms with Crippen molar-refractivity contribution >= 4 is 23.3 Å². The van der Waals surface area contributed by atoms with E-state index in [9.17, 15) is 9.59 Å². The van der Waals surface area contributed by atoms with Gasteiger partial charge in [-0.3, -0.25) is 4.79 Å². The van der Waals surface area contributed by atoms with Crippen LogP contribution in [0, 0.1) is 6.92 Å². The molecule has 0 aliphatic carbocycles. The van der Waals surface area contributed by atoms with E-state index in [4.69, 9.17) is 4.74 Å². The first-order chi connectivity index (χ1) is 13.4. The number of aromatic nitrogens is 4. The van der Waals surface area contributed by atoms with Gasteiger partial charge in [-0.05, 0) is 43.9 Å². The highest BCUT2D eigenvalue weighted by Gasteiger charge is 2.23. The zero-order chi connectivity index (χ0) is 20.3. The second-order valence-corrected chi connectivity index (χ2v) is 6.67. The van der Waals surface area contributed by atoms with Crippen LogP contribution in [0.15, 0.2) is 36.5 Å². The molecule has 0 radical (unpaired) electrons. The summed E-state index contributed by atoms with van der Waals surface area (Å²) in [5.41, 5.74) is 2.54. The molecule has 3 rings (SSSR count). The van der Waals surface area contributed by atoms with Gasteiger partial charge in [0.1, 0.15) is 0 Å². The third-order valence-corrected chi connectivity index (χ3v) is 4.63. The lowest BCUT2D eigenvalue weighted by atomic mass is 9.97. The normalized spacial score (nSPS) is 13.1. The molecule has 2 atom stereocenters. The number of rotatable bonds is 6. The van der Waals surface area contributed by atoms with Crippen molar-refractivity contribution in [2.75, 3.05) is 5.32 Å². The summed E-state index contributed by atoms with van der Waals surface area (Å²) in [5, 5.41) is 6.94. The summed E-state index contributed by atoms with van der Waals surface area (Å²) < 4.78 is 6.70. The number of hydrogen-bond donors (Lipinski definition) is 1. The molecule has 28 heavy (non-hydrogen) atoms. The first-order valence-electron chi connectivity index (χ1n) is 9.19. The average molecular weight is 381 g/mol. The number of anilines is 1. The van der Waals surface area contributed by atoms with Crippen LogP contribution in [0.3, 0.4) is 0 Å². The third kappa shape index (κ3) is 4.00. The van der Waals surface area contributed by atoms with E-state index < -0.39 is 18.0 Å². The summed E-state index contributed by atoms with van der Waals surface area (Å²) in [5.74, 6) is -0.731. The Morgan fingerprint density at radius 1 is 1.21 bits per heavy atom. The number of ether oxygens (including phenoxy) is 1. The zero-order valence-corrected chi connectivity index (χ0v) is 16.3. The predicted molar refractivity (Wildman–Crippen MR) is 104 cm³/mol. The minimum Gasteiger partial charge on any atom is -0.447 e. The van der Waals surface area contributed by atoms with Crippen molar-refractivity contribution in [2.24, 2.45) is 0 Å². The quantitative estimate of drug-likeness (QED) is 0.659. The monoisotopic (exact) mass is 381 g/mol. The average Bonchev–Trinajstić information content (AvgIpc) is 3.13. The summed E-state index contributed by atoms with van der Waals surface area (Å²) in [4.78, 5) is 33.0. The van der Waals surface area contributed by atoms with Gasteiger partial charge in [0, 0.05) is 17.6 Å². The van der Waals surface area contributed by atoms with E-state index in [0.29, 0.717) is 11.7 Å². The second-order valence-electron chi connectivity index (χ2n) is 6.67. The van der Waals surface area contributed by atoms with Gasteiger partial charge in [-0.1, -0.05) is 32.0 Å². The predicted octanol–water partition coefficient (Wildman–Crippen LogP) is 3.13. The molecule has 146 valence electrons. The number of carbonyl (C=O) groups is 2. The van der Waals surface area contributed by atoms with Crippen LogP contribution in [0.2, 0.25) is 0 Å². The summed E-state index contributed by atoms with van der Waals surface area (Å²) in [7, 11) is 0. The van der Waals surface area contributed by atoms with Gasteiger partial charge in [0.25, 0.3) is 17.5 Å². The Kier molecular flexibility index (Phi) is 5.67. The molecule has 0 fully saturated rings. The number of nitrogens with one attached hydrogen (secondary N) is 1. The van der Waals surface area contributed by atoms with Gasteiger partial charge >= 0.3 is 5.97 Å². The first kappa shape index (κ1) is 19.5. The molecule has 1 N–H and O–H groups in total. The molecule has 2 heterocycles. The maximum Gasteiger partial charge on any atom is 0.379 e. The number of esters is 1. The van der Waals surface area contributed by atoms with Gasteiger partial charge in [0.15, 0.2) is 6.10 Å². The van der Waals surface area contributed by atoms with Crippen molar-refractivity contribution in [3.05, 3.63) is 53.6 Å². The molecule has 0 spiro atoms.